The zero-order valence-electron chi connectivity index (χ0n) is 21.1. The van der Waals surface area contributed by atoms with Gasteiger partial charge in [-0.05, 0) is 34.9 Å². The number of aryl methyl sites for hydroxylation is 1. The second kappa shape index (κ2) is 9.39. The molecular formula is C26H33F4N3O2. The minimum atomic E-state index is -4.39. The lowest BCUT2D eigenvalue weighted by Gasteiger charge is -2.27. The molecule has 1 atom stereocenters. The van der Waals surface area contributed by atoms with Gasteiger partial charge in [0.15, 0.2) is 5.82 Å². The summed E-state index contributed by atoms with van der Waals surface area (Å²) in [5.41, 5.74) is 0.0887. The van der Waals surface area contributed by atoms with Gasteiger partial charge in [-0.15, -0.1) is 0 Å². The average Bonchev–Trinajstić information content (AvgIpc) is 3.03. The summed E-state index contributed by atoms with van der Waals surface area (Å²) in [4.78, 5) is 28.0. The number of fused-ring (bicyclic) bond motifs is 1. The molecule has 0 radical (unpaired) electrons. The van der Waals surface area contributed by atoms with Crippen molar-refractivity contribution in [2.24, 2.45) is 16.7 Å². The molecule has 0 bridgehead atoms. The zero-order valence-corrected chi connectivity index (χ0v) is 21.1. The summed E-state index contributed by atoms with van der Waals surface area (Å²) in [7, 11) is 0. The molecule has 1 aliphatic rings. The predicted octanol–water partition coefficient (Wildman–Crippen LogP) is 6.55. The van der Waals surface area contributed by atoms with Crippen LogP contribution < -0.4 is 4.90 Å². The number of carbonyl (C=O) groups excluding carboxylic acids is 2. The molecule has 1 unspecified atom stereocenters. The molecule has 1 aromatic heterocycles. The third-order valence-electron chi connectivity index (χ3n) is 5.84. The first kappa shape index (κ1) is 26.9. The molecule has 3 rings (SSSR count). The number of imide groups is 1. The summed E-state index contributed by atoms with van der Waals surface area (Å²) in [6, 6.07) is 5.28. The molecule has 0 fully saturated rings. The predicted molar refractivity (Wildman–Crippen MR) is 126 cm³/mol. The third kappa shape index (κ3) is 6.49. The number of aromatic nitrogens is 2. The van der Waals surface area contributed by atoms with Crippen molar-refractivity contribution in [1.82, 2.24) is 9.78 Å². The van der Waals surface area contributed by atoms with E-state index in [1.54, 1.807) is 0 Å². The van der Waals surface area contributed by atoms with Crippen molar-refractivity contribution in [3.8, 4) is 11.1 Å². The van der Waals surface area contributed by atoms with Gasteiger partial charge in [-0.1, -0.05) is 53.7 Å². The first-order valence-corrected chi connectivity index (χ1v) is 11.7. The molecule has 35 heavy (non-hydrogen) atoms. The molecule has 2 amide bonds. The highest BCUT2D eigenvalue weighted by Gasteiger charge is 2.44. The minimum Gasteiger partial charge on any atom is -0.274 e. The Labute approximate surface area is 203 Å². The highest BCUT2D eigenvalue weighted by Crippen LogP contribution is 2.42. The Morgan fingerprint density at radius 2 is 1.49 bits per heavy atom. The van der Waals surface area contributed by atoms with Crippen LogP contribution in [0.4, 0.5) is 23.4 Å². The minimum absolute atomic E-state index is 0.00245. The topological polar surface area (TPSA) is 55.2 Å². The summed E-state index contributed by atoms with van der Waals surface area (Å²) < 4.78 is 56.0. The van der Waals surface area contributed by atoms with Gasteiger partial charge < -0.3 is 0 Å². The standard InChI is InChI=1S/C26H33F4N3O2/c1-24(2,3)14-20(34)33(21(35)15-25(4,5)6)23-22(16-7-9-18(27)10-8-16)19-13-17(26(28,29)30)11-12-32(19)31-23/h7-10,17H,11-15H2,1-6H3. The van der Waals surface area contributed by atoms with Gasteiger partial charge in [-0.2, -0.15) is 18.3 Å². The van der Waals surface area contributed by atoms with Crippen molar-refractivity contribution < 1.29 is 27.2 Å². The van der Waals surface area contributed by atoms with Gasteiger partial charge in [0.05, 0.1) is 5.92 Å². The van der Waals surface area contributed by atoms with Crippen LogP contribution in [0.2, 0.25) is 0 Å². The Morgan fingerprint density at radius 1 is 0.971 bits per heavy atom. The van der Waals surface area contributed by atoms with E-state index in [-0.39, 0.29) is 49.3 Å². The summed E-state index contributed by atoms with van der Waals surface area (Å²) in [6.07, 6.45) is -4.79. The first-order valence-electron chi connectivity index (χ1n) is 11.7. The molecule has 2 heterocycles. The largest absolute Gasteiger partial charge is 0.392 e. The summed E-state index contributed by atoms with van der Waals surface area (Å²) in [5.74, 6) is -3.01. The molecule has 0 aliphatic carbocycles. The molecule has 1 aliphatic heterocycles. The second-order valence-electron chi connectivity index (χ2n) is 11.7. The van der Waals surface area contributed by atoms with Gasteiger partial charge >= 0.3 is 6.18 Å². The van der Waals surface area contributed by atoms with E-state index in [0.29, 0.717) is 5.56 Å². The van der Waals surface area contributed by atoms with E-state index in [4.69, 9.17) is 0 Å². The van der Waals surface area contributed by atoms with E-state index < -0.39 is 40.6 Å². The van der Waals surface area contributed by atoms with Gasteiger partial charge in [0.25, 0.3) is 0 Å². The smallest absolute Gasteiger partial charge is 0.274 e. The van der Waals surface area contributed by atoms with Gasteiger partial charge in [0.2, 0.25) is 11.8 Å². The highest BCUT2D eigenvalue weighted by molar-refractivity contribution is 6.16. The average molecular weight is 496 g/mol. The number of carbonyl (C=O) groups is 2. The van der Waals surface area contributed by atoms with Crippen LogP contribution in [0.5, 0.6) is 0 Å². The molecule has 0 N–H and O–H groups in total. The number of anilines is 1. The monoisotopic (exact) mass is 495 g/mol. The Kier molecular flexibility index (Phi) is 7.21. The zero-order chi connectivity index (χ0) is 26.3. The van der Waals surface area contributed by atoms with Crippen LogP contribution >= 0.6 is 0 Å². The molecule has 0 saturated heterocycles. The molecule has 0 saturated carbocycles. The molecule has 5 nitrogen and oxygen atoms in total. The number of rotatable bonds is 4. The van der Waals surface area contributed by atoms with Crippen LogP contribution in [0, 0.1) is 22.6 Å². The second-order valence-corrected chi connectivity index (χ2v) is 11.7. The van der Waals surface area contributed by atoms with Crippen LogP contribution in [0.3, 0.4) is 0 Å². The van der Waals surface area contributed by atoms with Gasteiger partial charge in [-0.3, -0.25) is 14.3 Å². The Hall–Kier alpha value is -2.71. The first-order chi connectivity index (χ1) is 16.0. The van der Waals surface area contributed by atoms with E-state index in [9.17, 15) is 27.2 Å². The summed E-state index contributed by atoms with van der Waals surface area (Å²) >= 11 is 0. The number of benzene rings is 1. The summed E-state index contributed by atoms with van der Waals surface area (Å²) in [5, 5.41) is 4.51. The van der Waals surface area contributed by atoms with Crippen molar-refractivity contribution in [1.29, 1.82) is 0 Å². The maximum Gasteiger partial charge on any atom is 0.392 e. The van der Waals surface area contributed by atoms with Gasteiger partial charge in [-0.25, -0.2) is 9.29 Å². The molecule has 1 aromatic carbocycles. The Morgan fingerprint density at radius 3 is 1.94 bits per heavy atom. The lowest BCUT2D eigenvalue weighted by atomic mass is 9.89. The Balaban J connectivity index is 2.22. The fraction of sp³-hybridized carbons (Fsp3) is 0.577. The quantitative estimate of drug-likeness (QED) is 0.452. The number of amides is 2. The lowest BCUT2D eigenvalue weighted by molar-refractivity contribution is -0.179. The number of halogens is 4. The Bertz CT molecular complexity index is 1060. The van der Waals surface area contributed by atoms with Crippen molar-refractivity contribution in [2.75, 3.05) is 4.90 Å². The van der Waals surface area contributed by atoms with E-state index >= 15 is 0 Å². The van der Waals surface area contributed by atoms with Crippen LogP contribution in [0.15, 0.2) is 24.3 Å². The van der Waals surface area contributed by atoms with Crippen molar-refractivity contribution in [2.45, 2.75) is 79.9 Å². The normalized spacial score (nSPS) is 16.7. The van der Waals surface area contributed by atoms with Crippen LogP contribution in [0.25, 0.3) is 11.1 Å². The molecule has 2 aromatic rings. The summed E-state index contributed by atoms with van der Waals surface area (Å²) in [6.45, 7) is 11.2. The van der Waals surface area contributed by atoms with Crippen molar-refractivity contribution in [3.05, 3.63) is 35.8 Å². The van der Waals surface area contributed by atoms with Crippen LogP contribution in [-0.4, -0.2) is 27.8 Å². The van der Waals surface area contributed by atoms with Crippen molar-refractivity contribution >= 4 is 17.6 Å². The van der Waals surface area contributed by atoms with E-state index in [1.807, 2.05) is 41.5 Å². The van der Waals surface area contributed by atoms with Crippen LogP contribution in [-0.2, 0) is 22.6 Å². The van der Waals surface area contributed by atoms with Gasteiger partial charge in [0.1, 0.15) is 5.82 Å². The third-order valence-corrected chi connectivity index (χ3v) is 5.84. The van der Waals surface area contributed by atoms with E-state index in [2.05, 4.69) is 5.10 Å². The number of alkyl halides is 3. The van der Waals surface area contributed by atoms with Gasteiger partial charge in [0, 0.05) is 37.1 Å². The van der Waals surface area contributed by atoms with E-state index in [1.165, 1.54) is 28.9 Å². The fourth-order valence-electron chi connectivity index (χ4n) is 4.28. The number of hydrogen-bond acceptors (Lipinski definition) is 3. The molecular weight excluding hydrogens is 462 g/mol. The number of hydrogen-bond donors (Lipinski definition) is 0. The van der Waals surface area contributed by atoms with Crippen molar-refractivity contribution in [3.63, 3.8) is 0 Å². The maximum atomic E-state index is 13.7. The SMILES string of the molecule is CC(C)(C)CC(=O)N(C(=O)CC(C)(C)C)c1nn2c(c1-c1ccc(F)cc1)CC(C(F)(F)F)CC2. The molecule has 0 spiro atoms. The maximum absolute atomic E-state index is 13.7. The van der Waals surface area contributed by atoms with E-state index in [0.717, 1.165) is 4.90 Å². The fourth-order valence-corrected chi connectivity index (χ4v) is 4.28. The lowest BCUT2D eigenvalue weighted by Crippen LogP contribution is -2.41. The number of nitrogens with zero attached hydrogens (tertiary/aromatic N) is 3. The molecule has 192 valence electrons. The molecule has 9 heteroatoms. The van der Waals surface area contributed by atoms with Crippen LogP contribution in [0.1, 0.15) is 66.5 Å². The highest BCUT2D eigenvalue weighted by atomic mass is 19.4.